The largest absolute Gasteiger partial charge is 0.423 e. The molecule has 1 heterocycles. The smallest absolute Gasteiger partial charge is 0.247 e. The molecule has 2 aromatic carbocycles. The van der Waals surface area contributed by atoms with Gasteiger partial charge in [0, 0.05) is 22.8 Å². The maximum absolute atomic E-state index is 13.0. The third-order valence-electron chi connectivity index (χ3n) is 2.97. The lowest BCUT2D eigenvalue weighted by atomic mass is 10.2. The van der Waals surface area contributed by atoms with Gasteiger partial charge in [-0.3, -0.25) is 0 Å². The molecule has 0 saturated carbocycles. The molecule has 0 atom stereocenters. The molecule has 1 N–H and O–H groups in total. The maximum atomic E-state index is 13.0. The minimum absolute atomic E-state index is 0.345. The Morgan fingerprint density at radius 1 is 1.19 bits per heavy atom. The summed E-state index contributed by atoms with van der Waals surface area (Å²) in [5.74, 6) is 0.112. The third kappa shape index (κ3) is 3.20. The minimum atomic E-state index is -0.345. The van der Waals surface area contributed by atoms with Gasteiger partial charge in [-0.05, 0) is 35.9 Å². The summed E-state index contributed by atoms with van der Waals surface area (Å²) in [6.45, 7) is 0.492. The van der Waals surface area contributed by atoms with E-state index in [1.54, 1.807) is 6.07 Å². The zero-order valence-electron chi connectivity index (χ0n) is 10.9. The first-order valence-electron chi connectivity index (χ1n) is 6.27. The summed E-state index contributed by atoms with van der Waals surface area (Å²) in [4.78, 5) is 0. The van der Waals surface area contributed by atoms with Crippen molar-refractivity contribution < 1.29 is 8.81 Å². The summed E-state index contributed by atoms with van der Waals surface area (Å²) in [6, 6.07) is 11.9. The van der Waals surface area contributed by atoms with E-state index >= 15 is 0 Å². The second kappa shape index (κ2) is 5.93. The summed E-state index contributed by atoms with van der Waals surface area (Å²) >= 11 is 5.99. The average Bonchev–Trinajstić information content (AvgIpc) is 3.01. The van der Waals surface area contributed by atoms with E-state index in [0.717, 1.165) is 16.8 Å². The fourth-order valence-corrected chi connectivity index (χ4v) is 2.16. The van der Waals surface area contributed by atoms with Gasteiger partial charge in [-0.2, -0.15) is 0 Å². The third-order valence-corrected chi connectivity index (χ3v) is 3.32. The molecule has 6 heteroatoms. The summed E-state index contributed by atoms with van der Waals surface area (Å²) in [5, 5.41) is 11.1. The van der Waals surface area contributed by atoms with Crippen molar-refractivity contribution in [1.29, 1.82) is 0 Å². The van der Waals surface area contributed by atoms with Crippen LogP contribution in [-0.4, -0.2) is 10.2 Å². The van der Waals surface area contributed by atoms with Crippen molar-refractivity contribution in [3.63, 3.8) is 0 Å². The number of anilines is 1. The Morgan fingerprint density at radius 3 is 2.86 bits per heavy atom. The number of hydrogen-bond acceptors (Lipinski definition) is 4. The van der Waals surface area contributed by atoms with Gasteiger partial charge < -0.3 is 9.73 Å². The highest BCUT2D eigenvalue weighted by atomic mass is 35.5. The summed E-state index contributed by atoms with van der Waals surface area (Å²) in [5.41, 5.74) is 2.52. The zero-order chi connectivity index (χ0) is 14.7. The maximum Gasteiger partial charge on any atom is 0.247 e. The normalized spacial score (nSPS) is 10.6. The van der Waals surface area contributed by atoms with Crippen LogP contribution < -0.4 is 5.32 Å². The van der Waals surface area contributed by atoms with Crippen molar-refractivity contribution >= 4 is 17.3 Å². The second-order valence-corrected chi connectivity index (χ2v) is 4.82. The highest BCUT2D eigenvalue weighted by Crippen LogP contribution is 2.22. The van der Waals surface area contributed by atoms with Crippen LogP contribution in [-0.2, 0) is 6.54 Å². The highest BCUT2D eigenvalue weighted by Gasteiger charge is 2.05. The van der Waals surface area contributed by atoms with Crippen LogP contribution in [0.3, 0.4) is 0 Å². The fourth-order valence-electron chi connectivity index (χ4n) is 1.92. The summed E-state index contributed by atoms with van der Waals surface area (Å²) < 4.78 is 18.1. The molecule has 0 spiro atoms. The van der Waals surface area contributed by atoms with Crippen LogP contribution in [0.4, 0.5) is 10.1 Å². The molecule has 21 heavy (non-hydrogen) atoms. The van der Waals surface area contributed by atoms with E-state index in [4.69, 9.17) is 16.0 Å². The Morgan fingerprint density at radius 2 is 2.10 bits per heavy atom. The van der Waals surface area contributed by atoms with Gasteiger partial charge in [-0.1, -0.05) is 23.7 Å². The number of nitrogens with one attached hydrogen (secondary N) is 1. The van der Waals surface area contributed by atoms with E-state index in [1.165, 1.54) is 18.5 Å². The summed E-state index contributed by atoms with van der Waals surface area (Å²) in [6.07, 6.45) is 1.29. The van der Waals surface area contributed by atoms with E-state index in [-0.39, 0.29) is 5.82 Å². The van der Waals surface area contributed by atoms with Crippen LogP contribution in [0, 0.1) is 5.82 Å². The van der Waals surface area contributed by atoms with Gasteiger partial charge >= 0.3 is 0 Å². The molecule has 1 aromatic heterocycles. The molecule has 3 aromatic rings. The molecule has 0 unspecified atom stereocenters. The fraction of sp³-hybridized carbons (Fsp3) is 0.0667. The lowest BCUT2D eigenvalue weighted by Crippen LogP contribution is -2.00. The monoisotopic (exact) mass is 303 g/mol. The number of hydrogen-bond donors (Lipinski definition) is 1. The number of rotatable bonds is 4. The molecule has 0 aliphatic heterocycles. The highest BCUT2D eigenvalue weighted by molar-refractivity contribution is 6.31. The van der Waals surface area contributed by atoms with Crippen LogP contribution in [0.2, 0.25) is 5.02 Å². The van der Waals surface area contributed by atoms with Crippen LogP contribution in [0.15, 0.2) is 53.3 Å². The van der Waals surface area contributed by atoms with Crippen molar-refractivity contribution in [3.8, 4) is 11.5 Å². The standard InChI is InChI=1S/C15H11ClFN3O/c16-14-7-12(17)5-4-11(14)8-18-13-3-1-2-10(6-13)15-20-19-9-21-15/h1-7,9,18H,8H2. The van der Waals surface area contributed by atoms with E-state index in [9.17, 15) is 4.39 Å². The minimum Gasteiger partial charge on any atom is -0.423 e. The lowest BCUT2D eigenvalue weighted by Gasteiger charge is -2.09. The van der Waals surface area contributed by atoms with Crippen molar-refractivity contribution in [2.45, 2.75) is 6.54 Å². The van der Waals surface area contributed by atoms with Crippen molar-refractivity contribution in [2.75, 3.05) is 5.32 Å². The van der Waals surface area contributed by atoms with Gasteiger partial charge in [0.2, 0.25) is 12.3 Å². The molecular weight excluding hydrogens is 293 g/mol. The van der Waals surface area contributed by atoms with Crippen molar-refractivity contribution in [1.82, 2.24) is 10.2 Å². The molecule has 106 valence electrons. The first-order valence-corrected chi connectivity index (χ1v) is 6.64. The van der Waals surface area contributed by atoms with Crippen LogP contribution in [0.5, 0.6) is 0 Å². The Balaban J connectivity index is 1.75. The second-order valence-electron chi connectivity index (χ2n) is 4.41. The Bertz CT molecular complexity index is 746. The van der Waals surface area contributed by atoms with Crippen LogP contribution >= 0.6 is 11.6 Å². The number of benzene rings is 2. The predicted molar refractivity (Wildman–Crippen MR) is 78.5 cm³/mol. The number of aromatic nitrogens is 2. The van der Waals surface area contributed by atoms with Gasteiger partial charge in [0.1, 0.15) is 5.82 Å². The molecule has 0 fully saturated rings. The molecular formula is C15H11ClFN3O. The van der Waals surface area contributed by atoms with E-state index < -0.39 is 0 Å². The first-order chi connectivity index (χ1) is 10.2. The van der Waals surface area contributed by atoms with Crippen molar-refractivity contribution in [3.05, 3.63) is 65.3 Å². The van der Waals surface area contributed by atoms with Gasteiger partial charge in [0.05, 0.1) is 0 Å². The SMILES string of the molecule is Fc1ccc(CNc2cccc(-c3nnco3)c2)c(Cl)c1. The molecule has 0 aliphatic carbocycles. The lowest BCUT2D eigenvalue weighted by molar-refractivity contribution is 0.568. The number of nitrogens with zero attached hydrogens (tertiary/aromatic N) is 2. The summed E-state index contributed by atoms with van der Waals surface area (Å²) in [7, 11) is 0. The van der Waals surface area contributed by atoms with Crippen molar-refractivity contribution in [2.24, 2.45) is 0 Å². The van der Waals surface area contributed by atoms with Gasteiger partial charge in [0.25, 0.3) is 0 Å². The van der Waals surface area contributed by atoms with Gasteiger partial charge in [-0.25, -0.2) is 4.39 Å². The molecule has 4 nitrogen and oxygen atoms in total. The average molecular weight is 304 g/mol. The van der Waals surface area contributed by atoms with Crippen LogP contribution in [0.1, 0.15) is 5.56 Å². The molecule has 3 rings (SSSR count). The molecule has 0 amide bonds. The van der Waals surface area contributed by atoms with E-state index in [0.29, 0.717) is 17.5 Å². The van der Waals surface area contributed by atoms with E-state index in [1.807, 2.05) is 24.3 Å². The molecule has 0 bridgehead atoms. The van der Waals surface area contributed by atoms with E-state index in [2.05, 4.69) is 15.5 Å². The van der Waals surface area contributed by atoms with Crippen LogP contribution in [0.25, 0.3) is 11.5 Å². The quantitative estimate of drug-likeness (QED) is 0.787. The Kier molecular flexibility index (Phi) is 3.83. The predicted octanol–water partition coefficient (Wildman–Crippen LogP) is 4.14. The zero-order valence-corrected chi connectivity index (χ0v) is 11.6. The molecule has 0 saturated heterocycles. The molecule has 0 aliphatic rings. The topological polar surface area (TPSA) is 51.0 Å². The Hall–Kier alpha value is -2.40. The molecule has 0 radical (unpaired) electrons. The van der Waals surface area contributed by atoms with Gasteiger partial charge in [0.15, 0.2) is 0 Å². The Labute approximate surface area is 125 Å². The van der Waals surface area contributed by atoms with Gasteiger partial charge in [-0.15, -0.1) is 10.2 Å². The first kappa shape index (κ1) is 13.6. The number of halogens is 2.